The highest BCUT2D eigenvalue weighted by molar-refractivity contribution is 5.31. The van der Waals surface area contributed by atoms with Crippen LogP contribution in [0.3, 0.4) is 0 Å². The van der Waals surface area contributed by atoms with E-state index in [4.69, 9.17) is 4.74 Å². The third-order valence-electron chi connectivity index (χ3n) is 4.39. The first kappa shape index (κ1) is 17.0. The third-order valence-corrected chi connectivity index (χ3v) is 4.39. The molecular formula is C18H31NO. The van der Waals surface area contributed by atoms with E-state index in [1.807, 2.05) is 7.05 Å². The van der Waals surface area contributed by atoms with Crippen LogP contribution < -0.4 is 10.1 Å². The Balaban J connectivity index is 2.39. The molecule has 1 N–H and O–H groups in total. The predicted octanol–water partition coefficient (Wildman–Crippen LogP) is 4.53. The van der Waals surface area contributed by atoms with Gasteiger partial charge >= 0.3 is 0 Å². The molecular weight excluding hydrogens is 246 g/mol. The van der Waals surface area contributed by atoms with Gasteiger partial charge in [0.05, 0.1) is 6.61 Å². The minimum atomic E-state index is 0.250. The second kappa shape index (κ2) is 8.31. The molecule has 0 aliphatic heterocycles. The molecule has 20 heavy (non-hydrogen) atoms. The average molecular weight is 277 g/mol. The van der Waals surface area contributed by atoms with E-state index in [1.165, 1.54) is 18.4 Å². The Labute approximate surface area is 124 Å². The van der Waals surface area contributed by atoms with E-state index < -0.39 is 0 Å². The van der Waals surface area contributed by atoms with Crippen molar-refractivity contribution < 1.29 is 4.74 Å². The molecule has 0 heterocycles. The molecule has 0 saturated heterocycles. The zero-order valence-electron chi connectivity index (χ0n) is 13.8. The van der Waals surface area contributed by atoms with Crippen LogP contribution in [0.4, 0.5) is 0 Å². The molecule has 0 aliphatic rings. The molecule has 0 saturated carbocycles. The average Bonchev–Trinajstić information content (AvgIpc) is 2.48. The first-order chi connectivity index (χ1) is 9.53. The van der Waals surface area contributed by atoms with Gasteiger partial charge in [0.2, 0.25) is 0 Å². The third kappa shape index (κ3) is 5.16. The second-order valence-corrected chi connectivity index (χ2v) is 6.15. The normalized spacial score (nSPS) is 13.2. The fourth-order valence-electron chi connectivity index (χ4n) is 2.28. The summed E-state index contributed by atoms with van der Waals surface area (Å²) < 4.78 is 5.82. The summed E-state index contributed by atoms with van der Waals surface area (Å²) in [5.74, 6) is 0.984. The first-order valence-electron chi connectivity index (χ1n) is 7.94. The SMILES string of the molecule is CCC(CCCOc1ccc(C(C)(C)CC)cc1)NC. The standard InChI is InChI=1S/C18H31NO/c1-6-16(19-5)9-8-14-20-17-12-10-15(11-13-17)18(3,4)7-2/h10-13,16,19H,6-9,14H2,1-5H3. The molecule has 2 nitrogen and oxygen atoms in total. The highest BCUT2D eigenvalue weighted by Crippen LogP contribution is 2.28. The molecule has 0 bridgehead atoms. The van der Waals surface area contributed by atoms with Gasteiger partial charge in [-0.25, -0.2) is 0 Å². The Morgan fingerprint density at radius 2 is 1.80 bits per heavy atom. The lowest BCUT2D eigenvalue weighted by atomic mass is 9.82. The number of hydrogen-bond donors (Lipinski definition) is 1. The molecule has 1 rings (SSSR count). The van der Waals surface area contributed by atoms with Crippen molar-refractivity contribution in [2.75, 3.05) is 13.7 Å². The van der Waals surface area contributed by atoms with E-state index in [2.05, 4.69) is 57.3 Å². The summed E-state index contributed by atoms with van der Waals surface area (Å²) in [6, 6.07) is 9.21. The largest absolute Gasteiger partial charge is 0.494 e. The van der Waals surface area contributed by atoms with E-state index in [-0.39, 0.29) is 5.41 Å². The molecule has 2 heteroatoms. The first-order valence-corrected chi connectivity index (χ1v) is 7.94. The summed E-state index contributed by atoms with van der Waals surface area (Å²) in [5, 5.41) is 3.33. The Morgan fingerprint density at radius 1 is 1.15 bits per heavy atom. The minimum Gasteiger partial charge on any atom is -0.494 e. The van der Waals surface area contributed by atoms with Gasteiger partial charge in [0, 0.05) is 6.04 Å². The highest BCUT2D eigenvalue weighted by atomic mass is 16.5. The molecule has 1 aromatic carbocycles. The quantitative estimate of drug-likeness (QED) is 0.670. The van der Waals surface area contributed by atoms with E-state index in [0.717, 1.165) is 25.2 Å². The van der Waals surface area contributed by atoms with Gasteiger partial charge in [-0.3, -0.25) is 0 Å². The van der Waals surface area contributed by atoms with Crippen LogP contribution in [0.1, 0.15) is 58.9 Å². The molecule has 1 atom stereocenters. The Kier molecular flexibility index (Phi) is 7.08. The molecule has 0 fully saturated rings. The number of ether oxygens (including phenoxy) is 1. The zero-order chi connectivity index (χ0) is 15.0. The van der Waals surface area contributed by atoms with Crippen LogP contribution in [-0.4, -0.2) is 19.7 Å². The van der Waals surface area contributed by atoms with Crippen molar-refractivity contribution in [3.05, 3.63) is 29.8 Å². The zero-order valence-corrected chi connectivity index (χ0v) is 13.8. The highest BCUT2D eigenvalue weighted by Gasteiger charge is 2.17. The summed E-state index contributed by atoms with van der Waals surface area (Å²) >= 11 is 0. The fraction of sp³-hybridized carbons (Fsp3) is 0.667. The lowest BCUT2D eigenvalue weighted by Gasteiger charge is -2.23. The van der Waals surface area contributed by atoms with E-state index in [9.17, 15) is 0 Å². The van der Waals surface area contributed by atoms with Gasteiger partial charge in [0.25, 0.3) is 0 Å². The molecule has 0 radical (unpaired) electrons. The van der Waals surface area contributed by atoms with Gasteiger partial charge in [-0.05, 0) is 55.8 Å². The second-order valence-electron chi connectivity index (χ2n) is 6.15. The molecule has 0 aromatic heterocycles. The number of hydrogen-bond acceptors (Lipinski definition) is 2. The maximum Gasteiger partial charge on any atom is 0.119 e. The molecule has 114 valence electrons. The lowest BCUT2D eigenvalue weighted by molar-refractivity contribution is 0.296. The van der Waals surface area contributed by atoms with Gasteiger partial charge in [-0.1, -0.05) is 39.8 Å². The van der Waals surface area contributed by atoms with Crippen molar-refractivity contribution in [2.45, 2.75) is 64.8 Å². The van der Waals surface area contributed by atoms with E-state index in [1.54, 1.807) is 0 Å². The number of rotatable bonds is 9. The van der Waals surface area contributed by atoms with Crippen molar-refractivity contribution in [1.29, 1.82) is 0 Å². The summed E-state index contributed by atoms with van der Waals surface area (Å²) in [6.45, 7) is 9.82. The Hall–Kier alpha value is -1.02. The molecule has 0 amide bonds. The summed E-state index contributed by atoms with van der Waals surface area (Å²) in [6.07, 6.45) is 4.60. The van der Waals surface area contributed by atoms with E-state index >= 15 is 0 Å². The van der Waals surface area contributed by atoms with Gasteiger partial charge in [-0.15, -0.1) is 0 Å². The number of benzene rings is 1. The van der Waals surface area contributed by atoms with Crippen molar-refractivity contribution in [3.8, 4) is 5.75 Å². The summed E-state index contributed by atoms with van der Waals surface area (Å²) in [5.41, 5.74) is 1.63. The van der Waals surface area contributed by atoms with Crippen LogP contribution in [0.15, 0.2) is 24.3 Å². The van der Waals surface area contributed by atoms with Crippen LogP contribution in [-0.2, 0) is 5.41 Å². The maximum atomic E-state index is 5.82. The smallest absolute Gasteiger partial charge is 0.119 e. The van der Waals surface area contributed by atoms with E-state index in [0.29, 0.717) is 6.04 Å². The molecule has 0 spiro atoms. The lowest BCUT2D eigenvalue weighted by Crippen LogP contribution is -2.24. The molecule has 1 aromatic rings. The van der Waals surface area contributed by atoms with Crippen LogP contribution in [0.2, 0.25) is 0 Å². The predicted molar refractivity (Wildman–Crippen MR) is 87.6 cm³/mol. The van der Waals surface area contributed by atoms with Gasteiger partial charge < -0.3 is 10.1 Å². The minimum absolute atomic E-state index is 0.250. The van der Waals surface area contributed by atoms with Crippen molar-refractivity contribution in [1.82, 2.24) is 5.32 Å². The molecule has 0 aliphatic carbocycles. The summed E-state index contributed by atoms with van der Waals surface area (Å²) in [7, 11) is 2.03. The van der Waals surface area contributed by atoms with Crippen LogP contribution in [0.25, 0.3) is 0 Å². The number of nitrogens with one attached hydrogen (secondary N) is 1. The fourth-order valence-corrected chi connectivity index (χ4v) is 2.28. The van der Waals surface area contributed by atoms with Gasteiger partial charge in [-0.2, -0.15) is 0 Å². The van der Waals surface area contributed by atoms with Crippen LogP contribution in [0, 0.1) is 0 Å². The monoisotopic (exact) mass is 277 g/mol. The van der Waals surface area contributed by atoms with Crippen molar-refractivity contribution in [2.24, 2.45) is 0 Å². The van der Waals surface area contributed by atoms with Gasteiger partial charge in [0.15, 0.2) is 0 Å². The topological polar surface area (TPSA) is 21.3 Å². The molecule has 1 unspecified atom stereocenters. The van der Waals surface area contributed by atoms with Crippen LogP contribution in [0.5, 0.6) is 5.75 Å². The Bertz CT molecular complexity index is 366. The summed E-state index contributed by atoms with van der Waals surface area (Å²) in [4.78, 5) is 0. The van der Waals surface area contributed by atoms with Crippen molar-refractivity contribution >= 4 is 0 Å². The van der Waals surface area contributed by atoms with Crippen molar-refractivity contribution in [3.63, 3.8) is 0 Å². The Morgan fingerprint density at radius 3 is 2.30 bits per heavy atom. The maximum absolute atomic E-state index is 5.82. The van der Waals surface area contributed by atoms with Crippen LogP contribution >= 0.6 is 0 Å². The van der Waals surface area contributed by atoms with Gasteiger partial charge in [0.1, 0.15) is 5.75 Å².